The van der Waals surface area contributed by atoms with Gasteiger partial charge in [-0.2, -0.15) is 43.2 Å². The second-order valence-electron chi connectivity index (χ2n) is 37.1. The quantitative estimate of drug-likeness (QED) is 0.0191. The summed E-state index contributed by atoms with van der Waals surface area (Å²) < 4.78 is 184. The van der Waals surface area contributed by atoms with E-state index in [1.807, 2.05) is 78.1 Å². The maximum Gasteiger partial charge on any atom is 0.524 e. The number of hydrogen-bond donors (Lipinski definition) is 2. The fourth-order valence-electron chi connectivity index (χ4n) is 15.0. The molecule has 34 heteroatoms. The second kappa shape index (κ2) is 45.3. The van der Waals surface area contributed by atoms with Gasteiger partial charge in [-0.25, -0.2) is 9.59 Å². The fraction of sp³-hybridized carbons (Fsp3) is 0.582. The predicted octanol–water partition coefficient (Wildman–Crippen LogP) is 15.3. The molecular formula is C91H136F6N2O21S2Si3. The van der Waals surface area contributed by atoms with Crippen LogP contribution in [0.2, 0.25) is 15.1 Å². The third kappa shape index (κ3) is 31.4. The highest BCUT2D eigenvalue weighted by atomic mass is 32.3. The van der Waals surface area contributed by atoms with Crippen molar-refractivity contribution in [2.45, 2.75) is 269 Å². The SMILES string of the molecule is CC1(C)O[C@@H](CCO[Si](c2ccccc2)(c2ccccc2)C(C)(C)C)[C@@H](CO)O1.CC[C@H]1OC(C)(C)O[C@H]1CCO[Si](c1ccccc1)(c1ccccc1)C(C)(C)C.CN(CCO)C(=O)OC(C)(C)C.CN(CCOC[C@H]1OC(C)(C)O[C@H]1CCO[Si](c1ccccc1)(c1ccccc1)C(C)(C)C)C(=O)OC(C)(C)C.O=S(=O)(OS(=O)(=O)C(F)(F)F)C(F)(F)F. The summed E-state index contributed by atoms with van der Waals surface area (Å²) in [5.41, 5.74) is -13.5. The molecule has 0 aliphatic carbocycles. The fourth-order valence-corrected chi connectivity index (χ4v) is 30.3. The summed E-state index contributed by atoms with van der Waals surface area (Å²) in [6, 6.07) is 64.1. The van der Waals surface area contributed by atoms with Gasteiger partial charge in [-0.3, -0.25) is 0 Å². The number of nitrogens with zero attached hydrogens (tertiary/aromatic N) is 2. The van der Waals surface area contributed by atoms with Gasteiger partial charge in [0.05, 0.1) is 50.8 Å². The van der Waals surface area contributed by atoms with Gasteiger partial charge in [-0.05, 0) is 155 Å². The first kappa shape index (κ1) is 109. The van der Waals surface area contributed by atoms with E-state index in [-0.39, 0.29) is 71.0 Å². The lowest BCUT2D eigenvalue weighted by atomic mass is 10.1. The summed E-state index contributed by atoms with van der Waals surface area (Å²) in [4.78, 5) is 26.2. The monoisotopic (exact) mass is 1850 g/mol. The van der Waals surface area contributed by atoms with Crippen LogP contribution in [0.25, 0.3) is 0 Å². The minimum atomic E-state index is -6.85. The molecule has 3 aliphatic heterocycles. The summed E-state index contributed by atoms with van der Waals surface area (Å²) in [5.74, 6) is -1.89. The molecule has 0 aromatic heterocycles. The molecule has 3 aliphatic rings. The number of carbonyl (C=O) groups is 2. The molecule has 6 aromatic carbocycles. The van der Waals surface area contributed by atoms with Crippen LogP contribution in [0.5, 0.6) is 0 Å². The maximum atomic E-state index is 12.2. The van der Waals surface area contributed by atoms with Crippen molar-refractivity contribution in [1.82, 2.24) is 9.80 Å². The van der Waals surface area contributed by atoms with E-state index in [0.29, 0.717) is 59.0 Å². The van der Waals surface area contributed by atoms with E-state index < -0.39 is 90.9 Å². The number of alkyl halides is 6. The molecule has 6 aromatic rings. The van der Waals surface area contributed by atoms with Crippen molar-refractivity contribution in [1.29, 1.82) is 0 Å². The van der Waals surface area contributed by atoms with Crippen molar-refractivity contribution >= 4 is 88.5 Å². The minimum absolute atomic E-state index is 0.00777. The summed E-state index contributed by atoms with van der Waals surface area (Å²) in [7, 11) is -18.1. The zero-order valence-corrected chi connectivity index (χ0v) is 81.7. The topological polar surface area (TPSA) is 269 Å². The molecular weight excluding hydrogens is 1720 g/mol. The molecule has 0 spiro atoms. The Morgan fingerprint density at radius 1 is 0.384 bits per heavy atom. The highest BCUT2D eigenvalue weighted by molar-refractivity contribution is 8.00. The van der Waals surface area contributed by atoms with E-state index in [4.69, 9.17) is 61.0 Å². The van der Waals surface area contributed by atoms with Crippen LogP contribution in [0.15, 0.2) is 182 Å². The lowest BCUT2D eigenvalue weighted by Crippen LogP contribution is -2.66. The average molecular weight is 1860 g/mol. The molecule has 3 heterocycles. The van der Waals surface area contributed by atoms with Gasteiger partial charge in [0.2, 0.25) is 0 Å². The summed E-state index contributed by atoms with van der Waals surface area (Å²) in [6.07, 6.45) is 1.70. The molecule has 6 atom stereocenters. The number of aliphatic hydroxyl groups excluding tert-OH is 2. The third-order valence-electron chi connectivity index (χ3n) is 20.3. The molecule has 9 rings (SSSR count). The number of rotatable bonds is 29. The smallest absolute Gasteiger partial charge is 0.444 e. The van der Waals surface area contributed by atoms with Crippen LogP contribution < -0.4 is 31.1 Å². The zero-order chi connectivity index (χ0) is 94.3. The average Bonchev–Trinajstić information content (AvgIpc) is 1.11. The predicted molar refractivity (Wildman–Crippen MR) is 480 cm³/mol. The number of amides is 2. The first-order chi connectivity index (χ1) is 57.6. The number of carbonyl (C=O) groups excluding carboxylic acids is 2. The number of benzene rings is 6. The van der Waals surface area contributed by atoms with Gasteiger partial charge in [0.15, 0.2) is 17.4 Å². The molecule has 702 valence electrons. The van der Waals surface area contributed by atoms with Crippen molar-refractivity contribution in [2.24, 2.45) is 0 Å². The lowest BCUT2D eigenvalue weighted by molar-refractivity contribution is -0.151. The third-order valence-corrected chi connectivity index (χ3v) is 38.0. The molecule has 125 heavy (non-hydrogen) atoms. The van der Waals surface area contributed by atoms with Crippen LogP contribution in [-0.4, -0.2) is 224 Å². The van der Waals surface area contributed by atoms with E-state index in [9.17, 15) is 57.9 Å². The molecule has 3 fully saturated rings. The van der Waals surface area contributed by atoms with E-state index in [1.165, 1.54) is 40.9 Å². The van der Waals surface area contributed by atoms with Gasteiger partial charge in [0.25, 0.3) is 25.0 Å². The number of likely N-dealkylation sites (N-methyl/N-ethyl adjacent to an activating group) is 2. The van der Waals surface area contributed by atoms with Gasteiger partial charge in [-0.1, -0.05) is 251 Å². The number of hydrogen-bond acceptors (Lipinski definition) is 21. The lowest BCUT2D eigenvalue weighted by Gasteiger charge is -2.43. The Kier molecular flexibility index (Phi) is 39.5. The standard InChI is InChI=1S/C32H49NO6Si.C25H36O3Si.C24H34O4Si.C8H17NO3.C2F6O5S2/c1-30(2,3)39-29(34)33(9)21-23-35-24-28-27(37-32(7,8)38-28)20-22-36-40(31(4,5)6,25-16-12-10-13-17-25)26-18-14-11-15-19-26;1-7-22-23(28-25(5,6)27-22)18-19-26-29(24(2,3)4,20-14-10-8-11-15-20)21-16-12-9-13-17-21;1-23(2,3)29(19-12-8-6-9-13-19,20-14-10-7-11-15-20)26-17-16-21-22(18-25)28-24(4,5)27-21;1-8(2,3)12-7(11)9(4)5-6-10;3-1(4,5)14(9,10)13-15(11,12)2(6,7)8/h10-19,27-28H,20-24H2,1-9H3;8-17,22-23H,7,18-19H2,1-6H3;6-15,21-22,25H,16-18H2,1-5H3;10H,5-6H2,1-4H3;/t27-,28+;22-,23+;21-,22+;;/m010../s1. The molecule has 3 saturated heterocycles. The van der Waals surface area contributed by atoms with Gasteiger partial charge in [0, 0.05) is 47.0 Å². The Labute approximate surface area is 741 Å². The maximum absolute atomic E-state index is 12.2. The Morgan fingerprint density at radius 3 is 0.864 bits per heavy atom. The second-order valence-corrected chi connectivity index (χ2v) is 53.3. The summed E-state index contributed by atoms with van der Waals surface area (Å²) in [5, 5.41) is 25.7. The van der Waals surface area contributed by atoms with Crippen LogP contribution in [-0.2, 0) is 79.8 Å². The highest BCUT2D eigenvalue weighted by Gasteiger charge is 2.59. The van der Waals surface area contributed by atoms with Crippen LogP contribution in [0.1, 0.15) is 178 Å². The van der Waals surface area contributed by atoms with Crippen molar-refractivity contribution < 1.29 is 123 Å². The first-order valence-electron chi connectivity index (χ1n) is 41.9. The Balaban J connectivity index is 0.000000293. The van der Waals surface area contributed by atoms with Gasteiger partial charge in [-0.15, -0.1) is 3.63 Å². The number of aliphatic hydroxyl groups is 2. The molecule has 23 nitrogen and oxygen atoms in total. The minimum Gasteiger partial charge on any atom is -0.444 e. The van der Waals surface area contributed by atoms with Crippen molar-refractivity contribution in [3.8, 4) is 0 Å². The van der Waals surface area contributed by atoms with E-state index in [1.54, 1.807) is 34.9 Å². The van der Waals surface area contributed by atoms with Crippen LogP contribution >= 0.6 is 0 Å². The molecule has 0 saturated carbocycles. The largest absolute Gasteiger partial charge is 0.524 e. The Bertz CT molecular complexity index is 4150. The Hall–Kier alpha value is -6.53. The van der Waals surface area contributed by atoms with Gasteiger partial charge < -0.3 is 75.9 Å². The summed E-state index contributed by atoms with van der Waals surface area (Å²) in [6.45, 7) is 48.5. The van der Waals surface area contributed by atoms with Crippen LogP contribution in [0.3, 0.4) is 0 Å². The molecule has 0 unspecified atom stereocenters. The first-order valence-corrected chi connectivity index (χ1v) is 50.5. The zero-order valence-electron chi connectivity index (χ0n) is 77.1. The van der Waals surface area contributed by atoms with E-state index in [2.05, 4.69) is 239 Å². The molecule has 2 N–H and O–H groups in total. The van der Waals surface area contributed by atoms with Gasteiger partial charge in [0.1, 0.15) is 23.4 Å². The van der Waals surface area contributed by atoms with Crippen molar-refractivity contribution in [2.75, 3.05) is 73.4 Å². The van der Waals surface area contributed by atoms with Crippen LogP contribution in [0, 0.1) is 0 Å². The normalized spacial score (nSPS) is 19.3. The molecule has 0 radical (unpaired) electrons. The molecule has 0 bridgehead atoms. The van der Waals surface area contributed by atoms with Crippen molar-refractivity contribution in [3.05, 3.63) is 182 Å². The van der Waals surface area contributed by atoms with Crippen molar-refractivity contribution in [3.63, 3.8) is 0 Å². The Morgan fingerprint density at radius 2 is 0.624 bits per heavy atom. The van der Waals surface area contributed by atoms with Gasteiger partial charge >= 0.3 is 43.4 Å². The van der Waals surface area contributed by atoms with E-state index in [0.717, 1.165) is 12.8 Å². The van der Waals surface area contributed by atoms with E-state index >= 15 is 0 Å². The highest BCUT2D eigenvalue weighted by Crippen LogP contribution is 2.42. The number of halogens is 6. The number of ether oxygens (including phenoxy) is 9. The summed E-state index contributed by atoms with van der Waals surface area (Å²) >= 11 is 0. The van der Waals surface area contributed by atoms with Crippen LogP contribution in [0.4, 0.5) is 35.9 Å². The molecule has 2 amide bonds.